The monoisotopic (exact) mass is 361 g/mol. The quantitative estimate of drug-likeness (QED) is 0.689. The minimum Gasteiger partial charge on any atom is -0.353 e. The molecule has 0 radical (unpaired) electrons. The molecule has 1 atom stereocenters. The second-order valence-corrected chi connectivity index (χ2v) is 5.46. The number of hydrogen-bond acceptors (Lipinski definition) is 6. The highest BCUT2D eigenvalue weighted by atomic mass is 35.5. The highest BCUT2D eigenvalue weighted by Gasteiger charge is 2.28. The second kappa shape index (κ2) is 8.28. The Labute approximate surface area is 146 Å². The van der Waals surface area contributed by atoms with E-state index in [2.05, 4.69) is 25.3 Å². The fraction of sp³-hybridized carbons (Fsp3) is 0.538. The number of nitrogens with zero attached hydrogens (tertiary/aromatic N) is 4. The van der Waals surface area contributed by atoms with Crippen molar-refractivity contribution in [3.05, 3.63) is 12.7 Å². The SMILES string of the molecule is CN(CC(=O)NCC(N)C1CC1)c1ncnc2nc[nH]c12.Cl.Cl. The Morgan fingerprint density at radius 3 is 2.87 bits per heavy atom. The van der Waals surface area contributed by atoms with Gasteiger partial charge in [0.25, 0.3) is 0 Å². The summed E-state index contributed by atoms with van der Waals surface area (Å²) in [6, 6.07) is 0.0672. The molecule has 0 spiro atoms. The van der Waals surface area contributed by atoms with Gasteiger partial charge in [-0.1, -0.05) is 0 Å². The number of imidazole rings is 1. The number of likely N-dealkylation sites (N-methyl/N-ethyl adjacent to an activating group) is 1. The molecule has 8 nitrogen and oxygen atoms in total. The lowest BCUT2D eigenvalue weighted by Gasteiger charge is -2.18. The molecule has 0 aromatic carbocycles. The number of rotatable bonds is 6. The van der Waals surface area contributed by atoms with E-state index in [4.69, 9.17) is 5.73 Å². The van der Waals surface area contributed by atoms with Crippen molar-refractivity contribution in [3.63, 3.8) is 0 Å². The zero-order chi connectivity index (χ0) is 14.8. The molecule has 2 heterocycles. The number of aromatic nitrogens is 4. The van der Waals surface area contributed by atoms with Crippen molar-refractivity contribution in [1.29, 1.82) is 0 Å². The molecule has 1 fully saturated rings. The first kappa shape index (κ1) is 19.4. The summed E-state index contributed by atoms with van der Waals surface area (Å²) in [5.41, 5.74) is 7.28. The van der Waals surface area contributed by atoms with Gasteiger partial charge in [0.2, 0.25) is 5.91 Å². The highest BCUT2D eigenvalue weighted by molar-refractivity contribution is 5.87. The zero-order valence-electron chi connectivity index (χ0n) is 12.7. The maximum Gasteiger partial charge on any atom is 0.239 e. The molecular formula is C13H21Cl2N7O. The van der Waals surface area contributed by atoms with Gasteiger partial charge in [-0.3, -0.25) is 4.79 Å². The van der Waals surface area contributed by atoms with E-state index < -0.39 is 0 Å². The van der Waals surface area contributed by atoms with Crippen LogP contribution in [0.15, 0.2) is 12.7 Å². The topological polar surface area (TPSA) is 113 Å². The van der Waals surface area contributed by atoms with Gasteiger partial charge >= 0.3 is 0 Å². The smallest absolute Gasteiger partial charge is 0.239 e. The Hall–Kier alpha value is -1.64. The predicted octanol–water partition coefficient (Wildman–Crippen LogP) is 0.486. The van der Waals surface area contributed by atoms with E-state index in [1.54, 1.807) is 11.2 Å². The van der Waals surface area contributed by atoms with Crippen LogP contribution in [0.25, 0.3) is 11.2 Å². The molecule has 1 aliphatic rings. The lowest BCUT2D eigenvalue weighted by atomic mass is 10.2. The zero-order valence-corrected chi connectivity index (χ0v) is 14.4. The fourth-order valence-electron chi connectivity index (χ4n) is 2.31. The van der Waals surface area contributed by atoms with E-state index in [1.165, 1.54) is 19.2 Å². The number of nitrogens with one attached hydrogen (secondary N) is 2. The van der Waals surface area contributed by atoms with Crippen molar-refractivity contribution in [2.24, 2.45) is 11.7 Å². The summed E-state index contributed by atoms with van der Waals surface area (Å²) < 4.78 is 0. The number of nitrogens with two attached hydrogens (primary N) is 1. The van der Waals surface area contributed by atoms with Crippen LogP contribution in [0, 0.1) is 5.92 Å². The van der Waals surface area contributed by atoms with E-state index in [1.807, 2.05) is 7.05 Å². The molecule has 4 N–H and O–H groups in total. The van der Waals surface area contributed by atoms with E-state index in [9.17, 15) is 4.79 Å². The van der Waals surface area contributed by atoms with Crippen molar-refractivity contribution < 1.29 is 4.79 Å². The Morgan fingerprint density at radius 1 is 1.43 bits per heavy atom. The van der Waals surface area contributed by atoms with Gasteiger partial charge < -0.3 is 20.9 Å². The van der Waals surface area contributed by atoms with Gasteiger partial charge in [0, 0.05) is 19.6 Å². The van der Waals surface area contributed by atoms with E-state index >= 15 is 0 Å². The van der Waals surface area contributed by atoms with Gasteiger partial charge in [0.15, 0.2) is 11.5 Å². The van der Waals surface area contributed by atoms with Crippen LogP contribution in [0.2, 0.25) is 0 Å². The van der Waals surface area contributed by atoms with Gasteiger partial charge in [0.1, 0.15) is 11.8 Å². The van der Waals surface area contributed by atoms with Gasteiger partial charge in [-0.2, -0.15) is 0 Å². The summed E-state index contributed by atoms with van der Waals surface area (Å²) in [6.45, 7) is 0.739. The molecule has 1 unspecified atom stereocenters. The maximum atomic E-state index is 12.0. The van der Waals surface area contributed by atoms with Crippen LogP contribution in [-0.2, 0) is 4.79 Å². The first-order valence-corrected chi connectivity index (χ1v) is 7.02. The maximum absolute atomic E-state index is 12.0. The molecule has 0 bridgehead atoms. The first-order chi connectivity index (χ1) is 10.1. The Balaban J connectivity index is 0.00000132. The normalized spacial score (nSPS) is 14.5. The molecule has 3 rings (SSSR count). The summed E-state index contributed by atoms with van der Waals surface area (Å²) in [7, 11) is 1.81. The standard InChI is InChI=1S/C13H19N7O.2ClH/c1-20(5-10(21)15-4-9(14)8-2-3-8)13-11-12(17-6-16-11)18-7-19-13;;/h6-9H,2-5,14H2,1H3,(H,15,21)(H,16,17,18,19);2*1H. The number of carbonyl (C=O) groups excluding carboxylic acids is 1. The average Bonchev–Trinajstić information content (AvgIpc) is 3.21. The van der Waals surface area contributed by atoms with Gasteiger partial charge in [-0.25, -0.2) is 15.0 Å². The third kappa shape index (κ3) is 4.66. The summed E-state index contributed by atoms with van der Waals surface area (Å²) in [5.74, 6) is 1.16. The molecule has 0 saturated heterocycles. The Kier molecular flexibility index (Phi) is 6.99. The van der Waals surface area contributed by atoms with Crippen LogP contribution in [0.1, 0.15) is 12.8 Å². The first-order valence-electron chi connectivity index (χ1n) is 7.02. The molecule has 2 aromatic rings. The van der Waals surface area contributed by atoms with Crippen LogP contribution in [0.3, 0.4) is 0 Å². The molecule has 2 aromatic heterocycles. The summed E-state index contributed by atoms with van der Waals surface area (Å²) in [4.78, 5) is 29.1. The Bertz CT molecular complexity index is 646. The van der Waals surface area contributed by atoms with Crippen LogP contribution < -0.4 is 16.0 Å². The fourth-order valence-corrected chi connectivity index (χ4v) is 2.31. The van der Waals surface area contributed by atoms with E-state index in [-0.39, 0.29) is 43.3 Å². The van der Waals surface area contributed by atoms with E-state index in [0.717, 1.165) is 5.52 Å². The molecule has 128 valence electrons. The molecule has 1 aliphatic carbocycles. The minimum atomic E-state index is -0.0696. The largest absolute Gasteiger partial charge is 0.353 e. The van der Waals surface area contributed by atoms with Crippen molar-refractivity contribution in [2.75, 3.05) is 25.0 Å². The minimum absolute atomic E-state index is 0. The van der Waals surface area contributed by atoms with Gasteiger partial charge in [-0.05, 0) is 18.8 Å². The molecule has 1 saturated carbocycles. The van der Waals surface area contributed by atoms with Crippen LogP contribution in [-0.4, -0.2) is 52.0 Å². The third-order valence-electron chi connectivity index (χ3n) is 3.71. The van der Waals surface area contributed by atoms with Crippen LogP contribution in [0.5, 0.6) is 0 Å². The number of anilines is 1. The molecule has 23 heavy (non-hydrogen) atoms. The summed E-state index contributed by atoms with van der Waals surface area (Å²) >= 11 is 0. The molecule has 10 heteroatoms. The lowest BCUT2D eigenvalue weighted by molar-refractivity contribution is -0.119. The van der Waals surface area contributed by atoms with Crippen molar-refractivity contribution >= 4 is 47.7 Å². The van der Waals surface area contributed by atoms with Crippen molar-refractivity contribution in [2.45, 2.75) is 18.9 Å². The number of hydrogen-bond donors (Lipinski definition) is 3. The van der Waals surface area contributed by atoms with Crippen LogP contribution in [0.4, 0.5) is 5.82 Å². The number of H-pyrrole nitrogens is 1. The number of carbonyl (C=O) groups is 1. The van der Waals surface area contributed by atoms with Gasteiger partial charge in [0.05, 0.1) is 12.9 Å². The lowest BCUT2D eigenvalue weighted by Crippen LogP contribution is -2.42. The molecular weight excluding hydrogens is 341 g/mol. The van der Waals surface area contributed by atoms with Crippen molar-refractivity contribution in [3.8, 4) is 0 Å². The third-order valence-corrected chi connectivity index (χ3v) is 3.71. The van der Waals surface area contributed by atoms with Crippen molar-refractivity contribution in [1.82, 2.24) is 25.3 Å². The highest BCUT2D eigenvalue weighted by Crippen LogP contribution is 2.31. The number of fused-ring (bicyclic) bond motifs is 1. The summed E-state index contributed by atoms with van der Waals surface area (Å²) in [5, 5.41) is 2.87. The number of aromatic amines is 1. The second-order valence-electron chi connectivity index (χ2n) is 5.46. The predicted molar refractivity (Wildman–Crippen MR) is 93.2 cm³/mol. The van der Waals surface area contributed by atoms with E-state index in [0.29, 0.717) is 23.9 Å². The van der Waals surface area contributed by atoms with Gasteiger partial charge in [-0.15, -0.1) is 24.8 Å². The number of amides is 1. The Morgan fingerprint density at radius 2 is 2.17 bits per heavy atom. The molecule has 0 aliphatic heterocycles. The van der Waals surface area contributed by atoms with Crippen LogP contribution >= 0.6 is 24.8 Å². The molecule has 1 amide bonds. The summed E-state index contributed by atoms with van der Waals surface area (Å²) in [6.07, 6.45) is 5.35. The average molecular weight is 362 g/mol. The number of halogens is 2.